The maximum Gasteiger partial charge on any atom is 0.0707 e. The molecule has 76 valence electrons. The second-order valence-corrected chi connectivity index (χ2v) is 4.90. The Hall–Kier alpha value is -0.0800. The average Bonchev–Trinajstić information content (AvgIpc) is 2.42. The number of likely N-dealkylation sites (tertiary alicyclic amines) is 1. The van der Waals surface area contributed by atoms with Crippen molar-refractivity contribution in [1.82, 2.24) is 4.90 Å². The van der Waals surface area contributed by atoms with Gasteiger partial charge in [-0.2, -0.15) is 0 Å². The molecule has 0 saturated carbocycles. The minimum Gasteiger partial charge on any atom is -0.372 e. The fourth-order valence-electron chi connectivity index (χ4n) is 2.32. The molecule has 0 N–H and O–H groups in total. The van der Waals surface area contributed by atoms with Crippen molar-refractivity contribution < 1.29 is 4.74 Å². The summed E-state index contributed by atoms with van der Waals surface area (Å²) in [5, 5.41) is 0. The summed E-state index contributed by atoms with van der Waals surface area (Å²) in [6.07, 6.45) is 5.04. The predicted molar refractivity (Wildman–Crippen MR) is 53.8 cm³/mol. The molecular weight excluding hydrogens is 162 g/mol. The summed E-state index contributed by atoms with van der Waals surface area (Å²) in [6, 6.07) is 0. The van der Waals surface area contributed by atoms with Crippen molar-refractivity contribution in [3.05, 3.63) is 0 Å². The number of hydrogen-bond acceptors (Lipinski definition) is 2. The van der Waals surface area contributed by atoms with E-state index in [0.717, 1.165) is 5.92 Å². The predicted octanol–water partition coefficient (Wildman–Crippen LogP) is 1.90. The highest BCUT2D eigenvalue weighted by Gasteiger charge is 2.33. The number of fused-ring (bicyclic) bond motifs is 2. The van der Waals surface area contributed by atoms with E-state index in [2.05, 4.69) is 18.7 Å². The summed E-state index contributed by atoms with van der Waals surface area (Å²) in [4.78, 5) is 2.59. The maximum absolute atomic E-state index is 5.79. The van der Waals surface area contributed by atoms with Crippen LogP contribution in [0.3, 0.4) is 0 Å². The second kappa shape index (κ2) is 3.97. The van der Waals surface area contributed by atoms with Gasteiger partial charge in [-0.15, -0.1) is 0 Å². The molecule has 2 fully saturated rings. The summed E-state index contributed by atoms with van der Waals surface area (Å²) in [5.41, 5.74) is 0. The largest absolute Gasteiger partial charge is 0.372 e. The minimum absolute atomic E-state index is 0.561. The molecule has 2 atom stereocenters. The van der Waals surface area contributed by atoms with Gasteiger partial charge in [-0.25, -0.2) is 0 Å². The molecule has 0 aliphatic carbocycles. The lowest BCUT2D eigenvalue weighted by Gasteiger charge is -2.32. The third-order valence-electron chi connectivity index (χ3n) is 3.14. The van der Waals surface area contributed by atoms with Crippen molar-refractivity contribution >= 4 is 0 Å². The normalized spacial score (nSPS) is 34.4. The van der Waals surface area contributed by atoms with E-state index in [1.807, 2.05) is 0 Å². The van der Waals surface area contributed by atoms with Gasteiger partial charge < -0.3 is 4.74 Å². The van der Waals surface area contributed by atoms with E-state index >= 15 is 0 Å². The Morgan fingerprint density at radius 3 is 2.38 bits per heavy atom. The number of ether oxygens (including phenoxy) is 1. The molecule has 0 spiro atoms. The number of morpholine rings is 1. The quantitative estimate of drug-likeness (QED) is 0.662. The third-order valence-corrected chi connectivity index (χ3v) is 3.14. The second-order valence-electron chi connectivity index (χ2n) is 4.90. The fraction of sp³-hybridized carbons (Fsp3) is 1.00. The Labute approximate surface area is 81.3 Å². The van der Waals surface area contributed by atoms with Crippen molar-refractivity contribution in [3.63, 3.8) is 0 Å². The molecule has 2 saturated heterocycles. The highest BCUT2D eigenvalue weighted by Crippen LogP contribution is 2.26. The van der Waals surface area contributed by atoms with Crippen molar-refractivity contribution in [1.29, 1.82) is 0 Å². The molecule has 0 amide bonds. The van der Waals surface area contributed by atoms with Gasteiger partial charge in [-0.1, -0.05) is 13.8 Å². The first-order chi connectivity index (χ1) is 6.24. The number of hydrogen-bond donors (Lipinski definition) is 0. The summed E-state index contributed by atoms with van der Waals surface area (Å²) >= 11 is 0. The average molecular weight is 183 g/mol. The van der Waals surface area contributed by atoms with Crippen molar-refractivity contribution in [2.24, 2.45) is 5.92 Å². The smallest absolute Gasteiger partial charge is 0.0707 e. The van der Waals surface area contributed by atoms with Gasteiger partial charge in [0, 0.05) is 13.1 Å². The Bertz CT molecular complexity index is 157. The molecule has 2 heterocycles. The van der Waals surface area contributed by atoms with Crippen molar-refractivity contribution in [2.45, 2.75) is 45.3 Å². The molecule has 2 rings (SSSR count). The van der Waals surface area contributed by atoms with E-state index in [-0.39, 0.29) is 0 Å². The monoisotopic (exact) mass is 183 g/mol. The van der Waals surface area contributed by atoms with Gasteiger partial charge in [0.05, 0.1) is 12.2 Å². The fourth-order valence-corrected chi connectivity index (χ4v) is 2.32. The van der Waals surface area contributed by atoms with Crippen LogP contribution >= 0.6 is 0 Å². The van der Waals surface area contributed by atoms with E-state index in [4.69, 9.17) is 4.74 Å². The van der Waals surface area contributed by atoms with Gasteiger partial charge >= 0.3 is 0 Å². The Balaban J connectivity index is 1.75. The standard InChI is InChI=1S/C11H21NO/c1-9(2)5-6-12-7-10-3-4-11(8-12)13-10/h9-11H,3-8H2,1-2H3. The molecule has 0 aromatic rings. The third kappa shape index (κ3) is 2.44. The molecule has 0 radical (unpaired) electrons. The first-order valence-electron chi connectivity index (χ1n) is 5.62. The van der Waals surface area contributed by atoms with Crippen LogP contribution in [0.25, 0.3) is 0 Å². The highest BCUT2D eigenvalue weighted by molar-refractivity contribution is 4.84. The molecule has 2 aliphatic rings. The summed E-state index contributed by atoms with van der Waals surface area (Å²) in [6.45, 7) is 8.24. The van der Waals surface area contributed by atoms with Gasteiger partial charge in [0.1, 0.15) is 0 Å². The van der Waals surface area contributed by atoms with Gasteiger partial charge in [-0.05, 0) is 31.7 Å². The Kier molecular flexibility index (Phi) is 2.89. The zero-order chi connectivity index (χ0) is 9.26. The molecule has 2 aliphatic heterocycles. The van der Waals surface area contributed by atoms with Gasteiger partial charge in [0.25, 0.3) is 0 Å². The zero-order valence-corrected chi connectivity index (χ0v) is 8.83. The first-order valence-corrected chi connectivity index (χ1v) is 5.62. The van der Waals surface area contributed by atoms with E-state index in [1.54, 1.807) is 0 Å². The SMILES string of the molecule is CC(C)CCN1CC2CCC(C1)O2. The lowest BCUT2D eigenvalue weighted by atomic mass is 10.1. The van der Waals surface area contributed by atoms with E-state index in [1.165, 1.54) is 38.9 Å². The van der Waals surface area contributed by atoms with Gasteiger partial charge in [0.15, 0.2) is 0 Å². The first kappa shape index (κ1) is 9.47. The molecule has 2 nitrogen and oxygen atoms in total. The van der Waals surface area contributed by atoms with Crippen molar-refractivity contribution in [2.75, 3.05) is 19.6 Å². The van der Waals surface area contributed by atoms with E-state index < -0.39 is 0 Å². The molecule has 2 heteroatoms. The summed E-state index contributed by atoms with van der Waals surface area (Å²) in [7, 11) is 0. The van der Waals surface area contributed by atoms with Crippen LogP contribution in [-0.4, -0.2) is 36.7 Å². The van der Waals surface area contributed by atoms with E-state index in [0.29, 0.717) is 12.2 Å². The molecular formula is C11H21NO. The van der Waals surface area contributed by atoms with Crippen LogP contribution in [0, 0.1) is 5.92 Å². The van der Waals surface area contributed by atoms with Crippen LogP contribution in [0.4, 0.5) is 0 Å². The lowest BCUT2D eigenvalue weighted by molar-refractivity contribution is -0.0392. The van der Waals surface area contributed by atoms with E-state index in [9.17, 15) is 0 Å². The molecule has 13 heavy (non-hydrogen) atoms. The highest BCUT2D eigenvalue weighted by atomic mass is 16.5. The lowest BCUT2D eigenvalue weighted by Crippen LogP contribution is -2.43. The number of nitrogens with zero attached hydrogens (tertiary/aromatic N) is 1. The van der Waals surface area contributed by atoms with Gasteiger partial charge in [0.2, 0.25) is 0 Å². The molecule has 2 unspecified atom stereocenters. The van der Waals surface area contributed by atoms with Crippen LogP contribution < -0.4 is 0 Å². The molecule has 0 aromatic heterocycles. The maximum atomic E-state index is 5.79. The minimum atomic E-state index is 0.561. The Morgan fingerprint density at radius 1 is 1.23 bits per heavy atom. The number of rotatable bonds is 3. The zero-order valence-electron chi connectivity index (χ0n) is 8.83. The van der Waals surface area contributed by atoms with Crippen LogP contribution in [0.2, 0.25) is 0 Å². The van der Waals surface area contributed by atoms with Crippen LogP contribution in [-0.2, 0) is 4.74 Å². The summed E-state index contributed by atoms with van der Waals surface area (Å²) < 4.78 is 5.79. The molecule has 0 aromatic carbocycles. The topological polar surface area (TPSA) is 12.5 Å². The van der Waals surface area contributed by atoms with Crippen LogP contribution in [0.5, 0.6) is 0 Å². The summed E-state index contributed by atoms with van der Waals surface area (Å²) in [5.74, 6) is 0.834. The van der Waals surface area contributed by atoms with Crippen LogP contribution in [0.15, 0.2) is 0 Å². The van der Waals surface area contributed by atoms with Gasteiger partial charge in [-0.3, -0.25) is 4.90 Å². The Morgan fingerprint density at radius 2 is 1.85 bits per heavy atom. The van der Waals surface area contributed by atoms with Crippen molar-refractivity contribution in [3.8, 4) is 0 Å². The van der Waals surface area contributed by atoms with Crippen LogP contribution in [0.1, 0.15) is 33.1 Å². The molecule has 2 bridgehead atoms.